The number of esters is 1. The quantitative estimate of drug-likeness (QED) is 0.214. The van der Waals surface area contributed by atoms with Crippen LogP contribution in [0.2, 0.25) is 0 Å². The summed E-state index contributed by atoms with van der Waals surface area (Å²) in [5.41, 5.74) is 0. The van der Waals surface area contributed by atoms with Crippen LogP contribution in [-0.4, -0.2) is 20.2 Å². The van der Waals surface area contributed by atoms with Gasteiger partial charge in [0.05, 0.1) is 26.1 Å². The molecular formula is C20H41ClO3. The predicted molar refractivity (Wildman–Crippen MR) is 104 cm³/mol. The number of hydrogen-bond donors (Lipinski definition) is 0. The summed E-state index contributed by atoms with van der Waals surface area (Å²) in [6, 6.07) is 0. The highest BCUT2D eigenvalue weighted by atomic mass is 35.5. The van der Waals surface area contributed by atoms with Crippen LogP contribution in [0.1, 0.15) is 110 Å². The monoisotopic (exact) mass is 364 g/mol. The summed E-state index contributed by atoms with van der Waals surface area (Å²) >= 11 is 4.50. The minimum atomic E-state index is -0.0651. The number of methoxy groups -OCH3 is 1. The summed E-state index contributed by atoms with van der Waals surface area (Å²) in [4.78, 5) is 10.9. The molecule has 0 bridgehead atoms. The molecule has 0 N–H and O–H groups in total. The highest BCUT2D eigenvalue weighted by Crippen LogP contribution is 2.13. The Hall–Kier alpha value is -0.280. The van der Waals surface area contributed by atoms with Crippen molar-refractivity contribution in [3.05, 3.63) is 0 Å². The average molecular weight is 365 g/mol. The third-order valence-electron chi connectivity index (χ3n) is 4.21. The SMILES string of the molecule is CCCCCCCCCCCCCCCCCC(=O)OC.COCl. The van der Waals surface area contributed by atoms with Crippen LogP contribution >= 0.6 is 11.9 Å². The number of hydrogen-bond acceptors (Lipinski definition) is 3. The number of unbranched alkanes of at least 4 members (excludes halogenated alkanes) is 14. The first-order chi connectivity index (χ1) is 11.7. The van der Waals surface area contributed by atoms with E-state index in [0.717, 1.165) is 6.42 Å². The molecule has 4 heteroatoms. The lowest BCUT2D eigenvalue weighted by Crippen LogP contribution is -1.99. The Bertz CT molecular complexity index is 235. The van der Waals surface area contributed by atoms with Gasteiger partial charge in [-0.15, -0.1) is 0 Å². The summed E-state index contributed by atoms with van der Waals surface area (Å²) in [7, 11) is 2.86. The smallest absolute Gasteiger partial charge is 0.305 e. The third kappa shape index (κ3) is 26.6. The summed E-state index contributed by atoms with van der Waals surface area (Å²) in [6.45, 7) is 2.28. The van der Waals surface area contributed by atoms with Crippen LogP contribution in [0, 0.1) is 0 Å². The maximum absolute atomic E-state index is 10.9. The maximum Gasteiger partial charge on any atom is 0.305 e. The summed E-state index contributed by atoms with van der Waals surface area (Å²) in [5.74, 6) is -0.0651. The number of carbonyl (C=O) groups excluding carboxylic acids is 1. The van der Waals surface area contributed by atoms with Gasteiger partial charge in [-0.25, -0.2) is 0 Å². The standard InChI is InChI=1S/C19H38O2.CH3ClO/c1-3-4-5-6-7-8-9-10-11-12-13-14-15-16-17-18-19(20)21-2;1-3-2/h3-18H2,1-2H3;1H3. The van der Waals surface area contributed by atoms with Gasteiger partial charge in [-0.05, 0) is 6.42 Å². The predicted octanol–water partition coefficient (Wildman–Crippen LogP) is 7.21. The Balaban J connectivity index is 0. The molecular weight excluding hydrogens is 324 g/mol. The van der Waals surface area contributed by atoms with Gasteiger partial charge in [0, 0.05) is 6.42 Å². The van der Waals surface area contributed by atoms with E-state index in [9.17, 15) is 4.79 Å². The number of carbonyl (C=O) groups is 1. The number of ether oxygens (including phenoxy) is 1. The molecule has 0 aromatic carbocycles. The third-order valence-corrected chi connectivity index (χ3v) is 4.21. The van der Waals surface area contributed by atoms with Crippen LogP contribution in [0.25, 0.3) is 0 Å². The Morgan fingerprint density at radius 2 is 0.958 bits per heavy atom. The molecule has 0 atom stereocenters. The highest BCUT2D eigenvalue weighted by molar-refractivity contribution is 6.07. The molecule has 0 aliphatic heterocycles. The van der Waals surface area contributed by atoms with Gasteiger partial charge in [-0.1, -0.05) is 96.8 Å². The Morgan fingerprint density at radius 1 is 0.667 bits per heavy atom. The van der Waals surface area contributed by atoms with Crippen molar-refractivity contribution in [2.45, 2.75) is 110 Å². The number of halogens is 1. The molecule has 0 radical (unpaired) electrons. The lowest BCUT2D eigenvalue weighted by molar-refractivity contribution is -0.140. The average Bonchev–Trinajstić information content (AvgIpc) is 2.58. The van der Waals surface area contributed by atoms with Crippen LogP contribution < -0.4 is 0 Å². The van der Waals surface area contributed by atoms with Crippen LogP contribution in [-0.2, 0) is 13.8 Å². The first-order valence-corrected chi connectivity index (χ1v) is 10.2. The van der Waals surface area contributed by atoms with Crippen molar-refractivity contribution >= 4 is 17.8 Å². The van der Waals surface area contributed by atoms with Crippen molar-refractivity contribution in [3.63, 3.8) is 0 Å². The van der Waals surface area contributed by atoms with Gasteiger partial charge >= 0.3 is 5.97 Å². The van der Waals surface area contributed by atoms with Crippen molar-refractivity contribution in [3.8, 4) is 0 Å². The van der Waals surface area contributed by atoms with E-state index < -0.39 is 0 Å². The van der Waals surface area contributed by atoms with Crippen molar-refractivity contribution in [1.82, 2.24) is 0 Å². The Kier molecular flexibility index (Phi) is 27.0. The molecule has 0 saturated carbocycles. The van der Waals surface area contributed by atoms with E-state index in [-0.39, 0.29) is 5.97 Å². The van der Waals surface area contributed by atoms with Gasteiger partial charge in [-0.3, -0.25) is 9.08 Å². The van der Waals surface area contributed by atoms with Gasteiger partial charge in [0.25, 0.3) is 0 Å². The Morgan fingerprint density at radius 3 is 1.25 bits per heavy atom. The molecule has 0 fully saturated rings. The minimum absolute atomic E-state index is 0.0651. The molecule has 3 nitrogen and oxygen atoms in total. The fourth-order valence-corrected chi connectivity index (χ4v) is 2.74. The molecule has 0 saturated heterocycles. The van der Waals surface area contributed by atoms with E-state index in [4.69, 9.17) is 0 Å². The summed E-state index contributed by atoms with van der Waals surface area (Å²) in [5, 5.41) is 0. The van der Waals surface area contributed by atoms with Gasteiger partial charge in [0.15, 0.2) is 0 Å². The van der Waals surface area contributed by atoms with E-state index in [2.05, 4.69) is 27.8 Å². The fraction of sp³-hybridized carbons (Fsp3) is 0.950. The molecule has 0 unspecified atom stereocenters. The molecule has 0 rings (SSSR count). The zero-order valence-electron chi connectivity index (χ0n) is 16.4. The Labute approximate surface area is 156 Å². The van der Waals surface area contributed by atoms with E-state index >= 15 is 0 Å². The van der Waals surface area contributed by atoms with Crippen LogP contribution in [0.5, 0.6) is 0 Å². The van der Waals surface area contributed by atoms with Crippen molar-refractivity contribution in [2.24, 2.45) is 0 Å². The second-order valence-electron chi connectivity index (χ2n) is 6.43. The van der Waals surface area contributed by atoms with E-state index in [1.165, 1.54) is 104 Å². The molecule has 0 aromatic heterocycles. The van der Waals surface area contributed by atoms with E-state index in [1.807, 2.05) is 0 Å². The van der Waals surface area contributed by atoms with E-state index in [1.54, 1.807) is 0 Å². The normalized spacial score (nSPS) is 10.2. The zero-order chi connectivity index (χ0) is 18.3. The van der Waals surface area contributed by atoms with Crippen LogP contribution in [0.3, 0.4) is 0 Å². The van der Waals surface area contributed by atoms with Crippen molar-refractivity contribution in [1.29, 1.82) is 0 Å². The molecule has 0 aliphatic rings. The topological polar surface area (TPSA) is 35.5 Å². The molecule has 0 aromatic rings. The van der Waals surface area contributed by atoms with Gasteiger partial charge < -0.3 is 4.74 Å². The largest absolute Gasteiger partial charge is 0.469 e. The molecule has 0 amide bonds. The van der Waals surface area contributed by atoms with Crippen LogP contribution in [0.15, 0.2) is 0 Å². The van der Waals surface area contributed by atoms with Gasteiger partial charge in [-0.2, -0.15) is 0 Å². The van der Waals surface area contributed by atoms with Crippen LogP contribution in [0.4, 0.5) is 0 Å². The van der Waals surface area contributed by atoms with Gasteiger partial charge in [0.1, 0.15) is 0 Å². The lowest BCUT2D eigenvalue weighted by Gasteiger charge is -2.03. The maximum atomic E-state index is 10.9. The lowest BCUT2D eigenvalue weighted by atomic mass is 10.0. The first-order valence-electron chi connectivity index (χ1n) is 9.94. The molecule has 0 spiro atoms. The molecule has 0 heterocycles. The van der Waals surface area contributed by atoms with Crippen molar-refractivity contribution < 1.29 is 13.8 Å². The second kappa shape index (κ2) is 25.0. The summed E-state index contributed by atoms with van der Waals surface area (Å²) < 4.78 is 8.35. The molecule has 0 aliphatic carbocycles. The zero-order valence-corrected chi connectivity index (χ0v) is 17.2. The summed E-state index contributed by atoms with van der Waals surface area (Å²) in [6.07, 6.45) is 20.9. The first kappa shape index (κ1) is 26.0. The van der Waals surface area contributed by atoms with Gasteiger partial charge in [0.2, 0.25) is 0 Å². The number of rotatable bonds is 16. The van der Waals surface area contributed by atoms with E-state index in [0.29, 0.717) is 6.42 Å². The minimum Gasteiger partial charge on any atom is -0.469 e. The van der Waals surface area contributed by atoms with Crippen molar-refractivity contribution in [2.75, 3.05) is 14.2 Å². The highest BCUT2D eigenvalue weighted by Gasteiger charge is 1.99. The molecule has 24 heavy (non-hydrogen) atoms. The molecule has 146 valence electrons. The fourth-order valence-electron chi connectivity index (χ4n) is 2.74. The second-order valence-corrected chi connectivity index (χ2v) is 6.74.